The molecule has 0 saturated heterocycles. The second-order valence-corrected chi connectivity index (χ2v) is 5.78. The molecule has 0 bridgehead atoms. The molecule has 0 spiro atoms. The van der Waals surface area contributed by atoms with Crippen LogP contribution in [0.5, 0.6) is 0 Å². The van der Waals surface area contributed by atoms with Gasteiger partial charge in [-0.15, -0.1) is 0 Å². The smallest absolute Gasteiger partial charge is 0.237 e. The molecule has 0 saturated carbocycles. The number of nitrogens with one attached hydrogen (secondary N) is 1. The first-order valence-corrected chi connectivity index (χ1v) is 6.32. The van der Waals surface area contributed by atoms with Crippen LogP contribution >= 0.6 is 0 Å². The van der Waals surface area contributed by atoms with E-state index in [1.54, 1.807) is 7.05 Å². The Morgan fingerprint density at radius 1 is 1.41 bits per heavy atom. The average Bonchev–Trinajstić information content (AvgIpc) is 2.27. The van der Waals surface area contributed by atoms with Crippen molar-refractivity contribution in [3.05, 3.63) is 0 Å². The Morgan fingerprint density at radius 2 is 1.88 bits per heavy atom. The molecule has 0 aliphatic rings. The molecule has 0 heterocycles. The van der Waals surface area contributed by atoms with Gasteiger partial charge in [-0.05, 0) is 54.6 Å². The van der Waals surface area contributed by atoms with Crippen molar-refractivity contribution in [1.82, 2.24) is 10.2 Å². The molecule has 4 heteroatoms. The van der Waals surface area contributed by atoms with E-state index in [0.717, 1.165) is 6.42 Å². The van der Waals surface area contributed by atoms with Crippen molar-refractivity contribution in [3.8, 4) is 0 Å². The Morgan fingerprint density at radius 3 is 2.18 bits per heavy atom. The van der Waals surface area contributed by atoms with E-state index in [1.165, 1.54) is 0 Å². The number of carbonyl (C=O) groups is 1. The Balaban J connectivity index is 4.74. The Bertz CT molecular complexity index is 265. The number of rotatable bonds is 7. The standard InChI is InChI=1S/C13H29N3O/c1-8-12(3,4)16(7)10(2)9-13(5,15-6)11(14)17/h10,15H,8-9H2,1-7H3,(H2,14,17). The van der Waals surface area contributed by atoms with Crippen molar-refractivity contribution < 1.29 is 4.79 Å². The summed E-state index contributed by atoms with van der Waals surface area (Å²) in [6.45, 7) is 10.6. The predicted molar refractivity (Wildman–Crippen MR) is 72.9 cm³/mol. The lowest BCUT2D eigenvalue weighted by atomic mass is 9.89. The molecule has 3 N–H and O–H groups in total. The van der Waals surface area contributed by atoms with Crippen LogP contribution in [0.3, 0.4) is 0 Å². The summed E-state index contributed by atoms with van der Waals surface area (Å²) in [4.78, 5) is 13.8. The van der Waals surface area contributed by atoms with Crippen LogP contribution < -0.4 is 11.1 Å². The number of likely N-dealkylation sites (N-methyl/N-ethyl adjacent to an activating group) is 1. The maximum absolute atomic E-state index is 11.5. The highest BCUT2D eigenvalue weighted by Gasteiger charge is 2.34. The van der Waals surface area contributed by atoms with Gasteiger partial charge in [-0.2, -0.15) is 0 Å². The summed E-state index contributed by atoms with van der Waals surface area (Å²) in [6, 6.07) is 0.287. The predicted octanol–water partition coefficient (Wildman–Crippen LogP) is 1.35. The first-order chi connectivity index (χ1) is 7.60. The molecule has 1 amide bonds. The van der Waals surface area contributed by atoms with Crippen molar-refractivity contribution in [2.45, 2.75) is 64.6 Å². The highest BCUT2D eigenvalue weighted by molar-refractivity contribution is 5.84. The van der Waals surface area contributed by atoms with E-state index in [9.17, 15) is 4.79 Å². The SMILES string of the molecule is CCC(C)(C)N(C)C(C)CC(C)(NC)C(N)=O. The summed E-state index contributed by atoms with van der Waals surface area (Å²) in [5.74, 6) is -0.297. The number of carbonyl (C=O) groups excluding carboxylic acids is 1. The summed E-state index contributed by atoms with van der Waals surface area (Å²) < 4.78 is 0. The zero-order valence-electron chi connectivity index (χ0n) is 12.4. The minimum absolute atomic E-state index is 0.131. The van der Waals surface area contributed by atoms with Gasteiger partial charge in [0.25, 0.3) is 0 Å². The summed E-state index contributed by atoms with van der Waals surface area (Å²) in [7, 11) is 3.88. The Labute approximate surface area is 106 Å². The molecule has 4 nitrogen and oxygen atoms in total. The third kappa shape index (κ3) is 3.96. The van der Waals surface area contributed by atoms with Crippen LogP contribution in [-0.2, 0) is 4.79 Å². The number of nitrogens with zero attached hydrogens (tertiary/aromatic N) is 1. The fourth-order valence-electron chi connectivity index (χ4n) is 1.90. The molecule has 0 rings (SSSR count). The Hall–Kier alpha value is -0.610. The van der Waals surface area contributed by atoms with E-state index < -0.39 is 5.54 Å². The summed E-state index contributed by atoms with van der Waals surface area (Å²) in [5, 5.41) is 3.03. The van der Waals surface area contributed by atoms with Gasteiger partial charge in [-0.1, -0.05) is 6.92 Å². The normalized spacial score (nSPS) is 17.9. The van der Waals surface area contributed by atoms with Crippen molar-refractivity contribution in [3.63, 3.8) is 0 Å². The third-order valence-corrected chi connectivity index (χ3v) is 4.28. The van der Waals surface area contributed by atoms with Crippen molar-refractivity contribution >= 4 is 5.91 Å². The lowest BCUT2D eigenvalue weighted by Crippen LogP contribution is -2.56. The van der Waals surface area contributed by atoms with Crippen LogP contribution in [0.25, 0.3) is 0 Å². The van der Waals surface area contributed by atoms with Crippen molar-refractivity contribution in [1.29, 1.82) is 0 Å². The van der Waals surface area contributed by atoms with E-state index in [2.05, 4.69) is 45.0 Å². The molecular weight excluding hydrogens is 214 g/mol. The van der Waals surface area contributed by atoms with Crippen LogP contribution in [0.4, 0.5) is 0 Å². The minimum atomic E-state index is -0.641. The van der Waals surface area contributed by atoms with E-state index in [4.69, 9.17) is 5.73 Å². The van der Waals surface area contributed by atoms with Crippen molar-refractivity contribution in [2.24, 2.45) is 5.73 Å². The second kappa shape index (κ2) is 5.83. The van der Waals surface area contributed by atoms with Crippen molar-refractivity contribution in [2.75, 3.05) is 14.1 Å². The highest BCUT2D eigenvalue weighted by atomic mass is 16.1. The van der Waals surface area contributed by atoms with E-state index >= 15 is 0 Å². The van der Waals surface area contributed by atoms with Crippen LogP contribution in [0.15, 0.2) is 0 Å². The molecule has 102 valence electrons. The van der Waals surface area contributed by atoms with Crippen LogP contribution in [0, 0.1) is 0 Å². The van der Waals surface area contributed by atoms with Gasteiger partial charge in [-0.25, -0.2) is 0 Å². The zero-order valence-corrected chi connectivity index (χ0v) is 12.4. The van der Waals surface area contributed by atoms with Gasteiger partial charge in [0.1, 0.15) is 0 Å². The first kappa shape index (κ1) is 16.4. The van der Waals surface area contributed by atoms with Crippen LogP contribution in [-0.4, -0.2) is 42.0 Å². The zero-order chi connectivity index (χ0) is 13.9. The van der Waals surface area contributed by atoms with E-state index in [1.807, 2.05) is 6.92 Å². The maximum Gasteiger partial charge on any atom is 0.237 e. The fourth-order valence-corrected chi connectivity index (χ4v) is 1.90. The third-order valence-electron chi connectivity index (χ3n) is 4.28. The van der Waals surface area contributed by atoms with Crippen LogP contribution in [0.1, 0.15) is 47.5 Å². The minimum Gasteiger partial charge on any atom is -0.368 e. The summed E-state index contributed by atoms with van der Waals surface area (Å²) in [6.07, 6.45) is 1.78. The molecular formula is C13H29N3O. The van der Waals surface area contributed by atoms with E-state index in [0.29, 0.717) is 6.42 Å². The number of amides is 1. The molecule has 0 aliphatic carbocycles. The van der Waals surface area contributed by atoms with Gasteiger partial charge in [0.15, 0.2) is 0 Å². The molecule has 0 aromatic carbocycles. The Kier molecular flexibility index (Phi) is 5.62. The van der Waals surface area contributed by atoms with Gasteiger partial charge < -0.3 is 11.1 Å². The van der Waals surface area contributed by atoms with Gasteiger partial charge in [0.2, 0.25) is 5.91 Å². The lowest BCUT2D eigenvalue weighted by molar-refractivity contribution is -0.124. The topological polar surface area (TPSA) is 58.4 Å². The number of primary amides is 1. The molecule has 0 aliphatic heterocycles. The monoisotopic (exact) mass is 243 g/mol. The maximum atomic E-state index is 11.5. The molecule has 2 atom stereocenters. The highest BCUT2D eigenvalue weighted by Crippen LogP contribution is 2.23. The summed E-state index contributed by atoms with van der Waals surface area (Å²) >= 11 is 0. The molecule has 0 radical (unpaired) electrons. The van der Waals surface area contributed by atoms with Gasteiger partial charge in [-0.3, -0.25) is 9.69 Å². The number of hydrogen-bond donors (Lipinski definition) is 2. The number of hydrogen-bond acceptors (Lipinski definition) is 3. The quantitative estimate of drug-likeness (QED) is 0.709. The summed E-state index contributed by atoms with van der Waals surface area (Å²) in [5.41, 5.74) is 4.94. The lowest BCUT2D eigenvalue weighted by Gasteiger charge is -2.42. The molecule has 0 aromatic rings. The van der Waals surface area contributed by atoms with Gasteiger partial charge >= 0.3 is 0 Å². The fraction of sp³-hybridized carbons (Fsp3) is 0.923. The second-order valence-electron chi connectivity index (χ2n) is 5.78. The van der Waals surface area contributed by atoms with E-state index in [-0.39, 0.29) is 17.5 Å². The largest absolute Gasteiger partial charge is 0.368 e. The van der Waals surface area contributed by atoms with Crippen LogP contribution in [0.2, 0.25) is 0 Å². The average molecular weight is 243 g/mol. The molecule has 17 heavy (non-hydrogen) atoms. The molecule has 2 unspecified atom stereocenters. The number of nitrogens with two attached hydrogens (primary N) is 1. The van der Waals surface area contributed by atoms with Gasteiger partial charge in [0.05, 0.1) is 5.54 Å². The van der Waals surface area contributed by atoms with Gasteiger partial charge in [0, 0.05) is 11.6 Å². The molecule has 0 fully saturated rings. The first-order valence-electron chi connectivity index (χ1n) is 6.32. The molecule has 0 aromatic heterocycles.